The zero-order chi connectivity index (χ0) is 16.3. The van der Waals surface area contributed by atoms with Crippen molar-refractivity contribution in [1.82, 2.24) is 0 Å². The quantitative estimate of drug-likeness (QED) is 0.589. The van der Waals surface area contributed by atoms with E-state index in [4.69, 9.17) is 0 Å². The van der Waals surface area contributed by atoms with Gasteiger partial charge in [-0.25, -0.2) is 0 Å². The molecule has 1 aromatic carbocycles. The highest BCUT2D eigenvalue weighted by Crippen LogP contribution is 2.39. The Kier molecular flexibility index (Phi) is 5.67. The molecule has 0 aliphatic heterocycles. The molecule has 0 bridgehead atoms. The maximum atomic E-state index is 4.02. The van der Waals surface area contributed by atoms with E-state index in [1.54, 1.807) is 16.7 Å². The molecule has 0 nitrogen and oxygen atoms in total. The number of hydrogen-bond donors (Lipinski definition) is 0. The van der Waals surface area contributed by atoms with Crippen LogP contribution in [-0.2, 0) is 12.8 Å². The van der Waals surface area contributed by atoms with Gasteiger partial charge >= 0.3 is 0 Å². The molecule has 1 saturated carbocycles. The monoisotopic (exact) mass is 296 g/mol. The second-order valence-corrected chi connectivity index (χ2v) is 7.23. The Hall–Kier alpha value is -1.30. The SMILES string of the molecule is C=Cc1cc2c(c(C)c1/C=C(\C)C1CC1)CC(C)C2.CCC. The molecule has 1 aromatic rings. The van der Waals surface area contributed by atoms with Crippen LogP contribution in [0.15, 0.2) is 18.2 Å². The smallest absolute Gasteiger partial charge is 0.0152 e. The molecule has 0 amide bonds. The van der Waals surface area contributed by atoms with Crippen molar-refractivity contribution in [1.29, 1.82) is 0 Å². The van der Waals surface area contributed by atoms with Crippen LogP contribution < -0.4 is 0 Å². The van der Waals surface area contributed by atoms with E-state index in [0.717, 1.165) is 11.8 Å². The molecule has 0 N–H and O–H groups in total. The summed E-state index contributed by atoms with van der Waals surface area (Å²) in [4.78, 5) is 0. The van der Waals surface area contributed by atoms with Crippen molar-refractivity contribution in [3.05, 3.63) is 46.0 Å². The van der Waals surface area contributed by atoms with Crippen LogP contribution in [-0.4, -0.2) is 0 Å². The van der Waals surface area contributed by atoms with Gasteiger partial charge in [0.05, 0.1) is 0 Å². The van der Waals surface area contributed by atoms with Gasteiger partial charge in [0.15, 0.2) is 0 Å². The van der Waals surface area contributed by atoms with Crippen molar-refractivity contribution in [2.45, 2.75) is 66.7 Å². The molecule has 0 saturated heterocycles. The highest BCUT2D eigenvalue weighted by Gasteiger charge is 2.25. The second-order valence-electron chi connectivity index (χ2n) is 7.23. The van der Waals surface area contributed by atoms with E-state index in [0.29, 0.717) is 0 Å². The molecule has 2 aliphatic rings. The van der Waals surface area contributed by atoms with Gasteiger partial charge < -0.3 is 0 Å². The lowest BCUT2D eigenvalue weighted by molar-refractivity contribution is 0.627. The van der Waals surface area contributed by atoms with E-state index in [1.165, 1.54) is 48.8 Å². The number of fused-ring (bicyclic) bond motifs is 1. The van der Waals surface area contributed by atoms with Gasteiger partial charge in [0, 0.05) is 0 Å². The zero-order valence-corrected chi connectivity index (χ0v) is 15.1. The highest BCUT2D eigenvalue weighted by molar-refractivity contribution is 5.71. The Morgan fingerprint density at radius 2 is 1.91 bits per heavy atom. The van der Waals surface area contributed by atoms with Crippen LogP contribution in [0.1, 0.15) is 74.8 Å². The van der Waals surface area contributed by atoms with Crippen molar-refractivity contribution in [3.63, 3.8) is 0 Å². The Bertz CT molecular complexity index is 570. The van der Waals surface area contributed by atoms with E-state index in [-0.39, 0.29) is 0 Å². The van der Waals surface area contributed by atoms with Crippen molar-refractivity contribution in [2.24, 2.45) is 11.8 Å². The normalized spacial score (nSPS) is 20.2. The van der Waals surface area contributed by atoms with Gasteiger partial charge in [0.1, 0.15) is 0 Å². The van der Waals surface area contributed by atoms with Gasteiger partial charge in [-0.1, -0.05) is 57.6 Å². The molecule has 3 rings (SSSR count). The molecule has 0 heterocycles. The van der Waals surface area contributed by atoms with Crippen molar-refractivity contribution >= 4 is 12.2 Å². The maximum absolute atomic E-state index is 4.02. The third-order valence-corrected chi connectivity index (χ3v) is 4.82. The van der Waals surface area contributed by atoms with Crippen LogP contribution in [0, 0.1) is 18.8 Å². The van der Waals surface area contributed by atoms with Gasteiger partial charge in [-0.3, -0.25) is 0 Å². The molecule has 1 atom stereocenters. The minimum atomic E-state index is 0.801. The summed E-state index contributed by atoms with van der Waals surface area (Å²) >= 11 is 0. The molecular weight excluding hydrogens is 264 g/mol. The summed E-state index contributed by atoms with van der Waals surface area (Å²) in [6, 6.07) is 2.38. The fourth-order valence-corrected chi connectivity index (χ4v) is 3.48. The third-order valence-electron chi connectivity index (χ3n) is 4.82. The summed E-state index contributed by atoms with van der Waals surface area (Å²) in [6.07, 6.45) is 11.0. The fraction of sp³-hybridized carbons (Fsp3) is 0.545. The predicted octanol–water partition coefficient (Wildman–Crippen LogP) is 6.60. The van der Waals surface area contributed by atoms with Crippen LogP contribution in [0.2, 0.25) is 0 Å². The number of rotatable bonds is 3. The van der Waals surface area contributed by atoms with Gasteiger partial charge in [0.2, 0.25) is 0 Å². The molecule has 120 valence electrons. The Morgan fingerprint density at radius 3 is 2.45 bits per heavy atom. The molecule has 1 fully saturated rings. The average Bonchev–Trinajstić information content (AvgIpc) is 3.25. The van der Waals surface area contributed by atoms with Gasteiger partial charge in [-0.05, 0) is 79.2 Å². The third kappa shape index (κ3) is 3.72. The van der Waals surface area contributed by atoms with Crippen molar-refractivity contribution in [3.8, 4) is 0 Å². The maximum Gasteiger partial charge on any atom is -0.0152 e. The zero-order valence-electron chi connectivity index (χ0n) is 15.1. The largest absolute Gasteiger partial charge is 0.0984 e. The van der Waals surface area contributed by atoms with E-state index < -0.39 is 0 Å². The summed E-state index contributed by atoms with van der Waals surface area (Å²) < 4.78 is 0. The van der Waals surface area contributed by atoms with E-state index in [2.05, 4.69) is 53.3 Å². The first kappa shape index (κ1) is 17.1. The van der Waals surface area contributed by atoms with Gasteiger partial charge in [0.25, 0.3) is 0 Å². The molecule has 0 spiro atoms. The van der Waals surface area contributed by atoms with Crippen LogP contribution in [0.25, 0.3) is 12.2 Å². The van der Waals surface area contributed by atoms with E-state index >= 15 is 0 Å². The molecular formula is C22H32. The first-order chi connectivity index (χ1) is 10.5. The second kappa shape index (κ2) is 7.31. The topological polar surface area (TPSA) is 0 Å². The molecule has 0 aromatic heterocycles. The Morgan fingerprint density at radius 1 is 1.27 bits per heavy atom. The molecule has 22 heavy (non-hydrogen) atoms. The number of hydrogen-bond acceptors (Lipinski definition) is 0. The minimum absolute atomic E-state index is 0.801. The summed E-state index contributed by atoms with van der Waals surface area (Å²) in [5.41, 5.74) is 8.96. The summed E-state index contributed by atoms with van der Waals surface area (Å²) in [5, 5.41) is 0. The van der Waals surface area contributed by atoms with Crippen LogP contribution in [0.5, 0.6) is 0 Å². The van der Waals surface area contributed by atoms with Gasteiger partial charge in [-0.2, -0.15) is 0 Å². The first-order valence-electron chi connectivity index (χ1n) is 8.97. The predicted molar refractivity (Wildman–Crippen MR) is 100 cm³/mol. The highest BCUT2D eigenvalue weighted by atomic mass is 14.3. The van der Waals surface area contributed by atoms with Crippen LogP contribution in [0.3, 0.4) is 0 Å². The molecule has 0 radical (unpaired) electrons. The van der Waals surface area contributed by atoms with Crippen LogP contribution in [0.4, 0.5) is 0 Å². The number of allylic oxidation sites excluding steroid dienone is 1. The molecule has 1 unspecified atom stereocenters. The lowest BCUT2D eigenvalue weighted by Crippen LogP contribution is -1.96. The van der Waals surface area contributed by atoms with Crippen molar-refractivity contribution < 1.29 is 0 Å². The summed E-state index contributed by atoms with van der Waals surface area (Å²) in [5.74, 6) is 1.65. The van der Waals surface area contributed by atoms with Crippen LogP contribution >= 0.6 is 0 Å². The average molecular weight is 296 g/mol. The Labute approximate surface area is 137 Å². The molecule has 2 aliphatic carbocycles. The van der Waals surface area contributed by atoms with Crippen molar-refractivity contribution in [2.75, 3.05) is 0 Å². The van der Waals surface area contributed by atoms with E-state index in [9.17, 15) is 0 Å². The lowest BCUT2D eigenvalue weighted by Gasteiger charge is -2.13. The fourth-order valence-electron chi connectivity index (χ4n) is 3.48. The summed E-state index contributed by atoms with van der Waals surface area (Å²) in [6.45, 7) is 15.2. The summed E-state index contributed by atoms with van der Waals surface area (Å²) in [7, 11) is 0. The minimum Gasteiger partial charge on any atom is -0.0984 e. The lowest BCUT2D eigenvalue weighted by atomic mass is 9.92. The number of benzene rings is 1. The van der Waals surface area contributed by atoms with E-state index in [1.807, 2.05) is 6.08 Å². The first-order valence-corrected chi connectivity index (χ1v) is 8.97. The Balaban J connectivity index is 0.000000545. The molecule has 0 heteroatoms. The standard InChI is InChI=1S/C19H24.C3H8/c1-5-15-11-17-8-12(2)9-18(17)14(4)19(15)10-13(3)16-6-7-16;1-3-2/h5,10-12,16H,1,6-9H2,2-4H3;3H2,1-2H3/b13-10+;. The van der Waals surface area contributed by atoms with Gasteiger partial charge in [-0.15, -0.1) is 0 Å².